The number of aliphatic carboxylic acids is 1. The summed E-state index contributed by atoms with van der Waals surface area (Å²) in [4.78, 5) is 56.4. The molecule has 0 bridgehead atoms. The summed E-state index contributed by atoms with van der Waals surface area (Å²) in [6.07, 6.45) is 4.32. The average Bonchev–Trinajstić information content (AvgIpc) is 3.57. The number of fused-ring (bicyclic) bond motifs is 1. The van der Waals surface area contributed by atoms with Crippen LogP contribution < -0.4 is 11.1 Å². The number of nitrogens with two attached hydrogens (primary N) is 1. The van der Waals surface area contributed by atoms with Gasteiger partial charge < -0.3 is 30.9 Å². The number of rotatable bonds is 7. The molecule has 2 aromatic rings. The Labute approximate surface area is 197 Å². The number of hydrogen-bond donors (Lipinski definition) is 4. The Morgan fingerprint density at radius 3 is 2.53 bits per heavy atom. The number of hydrogen-bond acceptors (Lipinski definition) is 5. The molecule has 1 aromatic heterocycles. The predicted molar refractivity (Wildman–Crippen MR) is 125 cm³/mol. The minimum atomic E-state index is -1.02. The monoisotopic (exact) mass is 469 g/mol. The van der Waals surface area contributed by atoms with Gasteiger partial charge in [-0.2, -0.15) is 0 Å². The fourth-order valence-electron chi connectivity index (χ4n) is 5.03. The van der Waals surface area contributed by atoms with E-state index in [1.54, 1.807) is 6.92 Å². The van der Waals surface area contributed by atoms with Crippen LogP contribution in [0.4, 0.5) is 0 Å². The number of H-pyrrole nitrogens is 1. The van der Waals surface area contributed by atoms with Crippen molar-refractivity contribution < 1.29 is 24.3 Å². The van der Waals surface area contributed by atoms with Gasteiger partial charge in [0.25, 0.3) is 0 Å². The summed E-state index contributed by atoms with van der Waals surface area (Å²) in [7, 11) is 0. The van der Waals surface area contributed by atoms with E-state index in [9.17, 15) is 24.3 Å². The molecule has 2 fully saturated rings. The van der Waals surface area contributed by atoms with Gasteiger partial charge in [-0.1, -0.05) is 18.2 Å². The first kappa shape index (κ1) is 23.7. The van der Waals surface area contributed by atoms with Crippen LogP contribution in [-0.2, 0) is 25.6 Å². The van der Waals surface area contributed by atoms with Crippen molar-refractivity contribution in [2.45, 2.75) is 63.2 Å². The zero-order valence-electron chi connectivity index (χ0n) is 19.2. The van der Waals surface area contributed by atoms with Crippen LogP contribution >= 0.6 is 0 Å². The molecule has 4 unspecified atom stereocenters. The van der Waals surface area contributed by atoms with Crippen LogP contribution in [0, 0.1) is 0 Å². The first-order valence-corrected chi connectivity index (χ1v) is 11.7. The molecule has 3 heterocycles. The fourth-order valence-corrected chi connectivity index (χ4v) is 5.03. The second kappa shape index (κ2) is 9.84. The lowest BCUT2D eigenvalue weighted by atomic mass is 10.0. The van der Waals surface area contributed by atoms with E-state index >= 15 is 0 Å². The van der Waals surface area contributed by atoms with E-state index in [1.165, 1.54) is 9.80 Å². The van der Waals surface area contributed by atoms with Crippen LogP contribution in [0.25, 0.3) is 10.9 Å². The SMILES string of the molecule is CC(NC(=O)C(N)Cc1c[nH]c2ccccc12)C(=O)N1CCCC1C(=O)N1CCCC1C(=O)O. The smallest absolute Gasteiger partial charge is 0.326 e. The van der Waals surface area contributed by atoms with E-state index in [1.807, 2.05) is 30.5 Å². The summed E-state index contributed by atoms with van der Waals surface area (Å²) >= 11 is 0. The van der Waals surface area contributed by atoms with Gasteiger partial charge in [0.15, 0.2) is 0 Å². The maximum absolute atomic E-state index is 13.1. The van der Waals surface area contributed by atoms with E-state index in [-0.39, 0.29) is 11.8 Å². The minimum absolute atomic E-state index is 0.313. The first-order chi connectivity index (χ1) is 16.3. The Morgan fingerprint density at radius 2 is 1.79 bits per heavy atom. The molecule has 10 nitrogen and oxygen atoms in total. The minimum Gasteiger partial charge on any atom is -0.480 e. The number of carbonyl (C=O) groups excluding carboxylic acids is 3. The number of benzene rings is 1. The highest BCUT2D eigenvalue weighted by Crippen LogP contribution is 2.25. The van der Waals surface area contributed by atoms with Crippen molar-refractivity contribution in [1.82, 2.24) is 20.1 Å². The zero-order valence-corrected chi connectivity index (χ0v) is 19.2. The molecule has 4 rings (SSSR count). The Morgan fingerprint density at radius 1 is 1.12 bits per heavy atom. The van der Waals surface area contributed by atoms with Gasteiger partial charge in [-0.15, -0.1) is 0 Å². The number of para-hydroxylation sites is 1. The van der Waals surface area contributed by atoms with Crippen LogP contribution in [0.3, 0.4) is 0 Å². The Bertz CT molecular complexity index is 1100. The highest BCUT2D eigenvalue weighted by molar-refractivity contribution is 5.94. The normalized spacial score (nSPS) is 22.1. The lowest BCUT2D eigenvalue weighted by Crippen LogP contribution is -2.56. The fraction of sp³-hybridized carbons (Fsp3) is 0.500. The van der Waals surface area contributed by atoms with Gasteiger partial charge in [-0.25, -0.2) is 4.79 Å². The largest absolute Gasteiger partial charge is 0.480 e. The van der Waals surface area contributed by atoms with Gasteiger partial charge in [0.1, 0.15) is 18.1 Å². The van der Waals surface area contributed by atoms with Crippen molar-refractivity contribution in [2.75, 3.05) is 13.1 Å². The number of nitrogens with zero attached hydrogens (tertiary/aromatic N) is 2. The average molecular weight is 470 g/mol. The molecule has 182 valence electrons. The molecule has 2 aliphatic heterocycles. The van der Waals surface area contributed by atoms with Crippen LogP contribution in [0.2, 0.25) is 0 Å². The topological polar surface area (TPSA) is 149 Å². The summed E-state index contributed by atoms with van der Waals surface area (Å²) in [6.45, 7) is 2.35. The van der Waals surface area contributed by atoms with Crippen molar-refractivity contribution in [3.05, 3.63) is 36.0 Å². The number of aromatic nitrogens is 1. The van der Waals surface area contributed by atoms with E-state index in [2.05, 4.69) is 10.3 Å². The predicted octanol–water partition coefficient (Wildman–Crippen LogP) is 0.609. The highest BCUT2D eigenvalue weighted by atomic mass is 16.4. The molecule has 0 aliphatic carbocycles. The Balaban J connectivity index is 1.37. The second-order valence-electron chi connectivity index (χ2n) is 9.12. The van der Waals surface area contributed by atoms with Gasteiger partial charge >= 0.3 is 5.97 Å². The van der Waals surface area contributed by atoms with E-state index in [0.717, 1.165) is 16.5 Å². The third-order valence-electron chi connectivity index (χ3n) is 6.82. The Hall–Kier alpha value is -3.40. The van der Waals surface area contributed by atoms with Gasteiger partial charge in [-0.3, -0.25) is 14.4 Å². The molecule has 0 spiro atoms. The van der Waals surface area contributed by atoms with Crippen LogP contribution in [0.5, 0.6) is 0 Å². The number of carboxylic acid groups (broad SMARTS) is 1. The number of carboxylic acids is 1. The summed E-state index contributed by atoms with van der Waals surface area (Å²) in [6, 6.07) is 4.49. The molecular formula is C24H31N5O5. The summed E-state index contributed by atoms with van der Waals surface area (Å²) in [5.74, 6) is -2.16. The number of amides is 3. The van der Waals surface area contributed by atoms with Gasteiger partial charge in [0.05, 0.1) is 6.04 Å². The first-order valence-electron chi connectivity index (χ1n) is 11.7. The number of carbonyl (C=O) groups is 4. The van der Waals surface area contributed by atoms with Crippen molar-refractivity contribution in [3.8, 4) is 0 Å². The van der Waals surface area contributed by atoms with Gasteiger partial charge in [-0.05, 0) is 50.7 Å². The number of nitrogens with one attached hydrogen (secondary N) is 2. The Kier molecular flexibility index (Phi) is 6.87. The molecule has 34 heavy (non-hydrogen) atoms. The quantitative estimate of drug-likeness (QED) is 0.467. The van der Waals surface area contributed by atoms with Crippen LogP contribution in [0.15, 0.2) is 30.5 Å². The molecule has 2 aliphatic rings. The van der Waals surface area contributed by atoms with Crippen LogP contribution in [0.1, 0.15) is 38.2 Å². The molecule has 10 heteroatoms. The molecule has 1 aromatic carbocycles. The molecule has 4 atom stereocenters. The maximum atomic E-state index is 13.1. The lowest BCUT2D eigenvalue weighted by Gasteiger charge is -2.31. The summed E-state index contributed by atoms with van der Waals surface area (Å²) < 4.78 is 0. The lowest BCUT2D eigenvalue weighted by molar-refractivity contribution is -0.152. The molecule has 0 saturated carbocycles. The zero-order chi connectivity index (χ0) is 24.4. The number of likely N-dealkylation sites (tertiary alicyclic amines) is 2. The van der Waals surface area contributed by atoms with Crippen molar-refractivity contribution >= 4 is 34.6 Å². The highest BCUT2D eigenvalue weighted by Gasteiger charge is 2.43. The van der Waals surface area contributed by atoms with E-state index in [4.69, 9.17) is 5.73 Å². The van der Waals surface area contributed by atoms with E-state index < -0.39 is 36.0 Å². The third-order valence-corrected chi connectivity index (χ3v) is 6.82. The summed E-state index contributed by atoms with van der Waals surface area (Å²) in [5.41, 5.74) is 8.01. The molecular weight excluding hydrogens is 438 g/mol. The summed E-state index contributed by atoms with van der Waals surface area (Å²) in [5, 5.41) is 13.1. The van der Waals surface area contributed by atoms with Gasteiger partial charge in [0, 0.05) is 30.2 Å². The molecule has 0 radical (unpaired) electrons. The van der Waals surface area contributed by atoms with Crippen LogP contribution in [-0.4, -0.2) is 80.8 Å². The van der Waals surface area contributed by atoms with Crippen molar-refractivity contribution in [3.63, 3.8) is 0 Å². The second-order valence-corrected chi connectivity index (χ2v) is 9.12. The standard InChI is InChI=1S/C24H31N5O5/c1-14(27-21(30)17(25)12-15-13-26-18-7-3-2-6-16(15)18)22(31)28-10-4-8-19(28)23(32)29-11-5-9-20(29)24(33)34/h2-3,6-7,13-14,17,19-20,26H,4-5,8-12,25H2,1H3,(H,27,30)(H,33,34). The van der Waals surface area contributed by atoms with E-state index in [0.29, 0.717) is 45.2 Å². The van der Waals surface area contributed by atoms with Gasteiger partial charge in [0.2, 0.25) is 17.7 Å². The molecule has 2 saturated heterocycles. The van der Waals surface area contributed by atoms with Crippen molar-refractivity contribution in [2.24, 2.45) is 5.73 Å². The third kappa shape index (κ3) is 4.63. The maximum Gasteiger partial charge on any atom is 0.326 e. The molecule has 3 amide bonds. The number of aromatic amines is 1. The molecule has 5 N–H and O–H groups in total. The van der Waals surface area contributed by atoms with Crippen molar-refractivity contribution in [1.29, 1.82) is 0 Å².